The highest BCUT2D eigenvalue weighted by Crippen LogP contribution is 2.63. The maximum Gasteiger partial charge on any atom is 0.307 e. The van der Waals surface area contributed by atoms with Crippen molar-refractivity contribution in [1.82, 2.24) is 0 Å². The molecule has 3 aliphatic rings. The van der Waals surface area contributed by atoms with Gasteiger partial charge in [0.2, 0.25) is 0 Å². The average Bonchev–Trinajstić information content (AvgIpc) is 2.49. The summed E-state index contributed by atoms with van der Waals surface area (Å²) in [4.78, 5) is 22.7. The van der Waals surface area contributed by atoms with E-state index in [4.69, 9.17) is 0 Å². The molecule has 2 bridgehead atoms. The standard InChI is InChI=1S/C18H28O4/c1-18(2)13-10-12(16(17(20)21)14(18)11-13)8-6-4-5-7-9-15(19)22-3/h4,6,12-14,16H,5,7-11H2,1-3H3,(H,20,21)/b6-4-/t12-,13-,14+,16+/m0/s1. The first-order valence-corrected chi connectivity index (χ1v) is 8.32. The van der Waals surface area contributed by atoms with Crippen LogP contribution >= 0.6 is 0 Å². The Bertz CT molecular complexity index is 452. The van der Waals surface area contributed by atoms with Crippen LogP contribution in [-0.2, 0) is 14.3 Å². The Hall–Kier alpha value is -1.32. The summed E-state index contributed by atoms with van der Waals surface area (Å²) in [6.45, 7) is 4.45. The van der Waals surface area contributed by atoms with E-state index in [2.05, 4.69) is 30.7 Å². The third kappa shape index (κ3) is 3.36. The van der Waals surface area contributed by atoms with Crippen LogP contribution in [0.1, 0.15) is 52.4 Å². The highest BCUT2D eigenvalue weighted by molar-refractivity contribution is 5.71. The van der Waals surface area contributed by atoms with Crippen molar-refractivity contribution in [2.75, 3.05) is 7.11 Å². The van der Waals surface area contributed by atoms with E-state index >= 15 is 0 Å². The number of carboxylic acids is 1. The fourth-order valence-electron chi connectivity index (χ4n) is 4.38. The molecule has 0 amide bonds. The number of hydrogen-bond donors (Lipinski definition) is 1. The minimum atomic E-state index is -0.625. The largest absolute Gasteiger partial charge is 0.481 e. The lowest BCUT2D eigenvalue weighted by atomic mass is 9.43. The second kappa shape index (κ2) is 6.84. The lowest BCUT2D eigenvalue weighted by Crippen LogP contribution is -2.57. The van der Waals surface area contributed by atoms with Crippen LogP contribution in [0.2, 0.25) is 0 Å². The molecule has 0 aromatic rings. The molecular weight excluding hydrogens is 280 g/mol. The van der Waals surface area contributed by atoms with Crippen molar-refractivity contribution in [3.05, 3.63) is 12.2 Å². The molecule has 3 saturated carbocycles. The number of ether oxygens (including phenoxy) is 1. The lowest BCUT2D eigenvalue weighted by molar-refractivity contribution is -0.175. The number of hydrogen-bond acceptors (Lipinski definition) is 3. The number of rotatable bonds is 7. The Morgan fingerprint density at radius 3 is 2.59 bits per heavy atom. The molecule has 1 N–H and O–H groups in total. The topological polar surface area (TPSA) is 63.6 Å². The van der Waals surface area contributed by atoms with Crippen molar-refractivity contribution in [1.29, 1.82) is 0 Å². The van der Waals surface area contributed by atoms with Gasteiger partial charge in [-0.2, -0.15) is 0 Å². The Morgan fingerprint density at radius 2 is 2.00 bits per heavy atom. The van der Waals surface area contributed by atoms with Gasteiger partial charge in [0.1, 0.15) is 0 Å². The molecule has 3 fully saturated rings. The minimum Gasteiger partial charge on any atom is -0.481 e. The van der Waals surface area contributed by atoms with Crippen LogP contribution in [0.25, 0.3) is 0 Å². The van der Waals surface area contributed by atoms with Crippen molar-refractivity contribution < 1.29 is 19.4 Å². The molecule has 0 radical (unpaired) electrons. The SMILES string of the molecule is COC(=O)CCC/C=C\C[C@H]1C[C@H]2C[C@H]([C@@H]1C(=O)O)C2(C)C. The molecule has 3 rings (SSSR count). The van der Waals surface area contributed by atoms with E-state index in [-0.39, 0.29) is 23.2 Å². The molecule has 124 valence electrons. The van der Waals surface area contributed by atoms with Crippen molar-refractivity contribution in [3.63, 3.8) is 0 Å². The second-order valence-corrected chi connectivity index (χ2v) is 7.40. The molecule has 4 nitrogen and oxygen atoms in total. The molecule has 4 heteroatoms. The van der Waals surface area contributed by atoms with Gasteiger partial charge in [-0.25, -0.2) is 0 Å². The van der Waals surface area contributed by atoms with E-state index in [1.54, 1.807) is 0 Å². The fourth-order valence-corrected chi connectivity index (χ4v) is 4.38. The van der Waals surface area contributed by atoms with Gasteiger partial charge in [-0.15, -0.1) is 0 Å². The number of methoxy groups -OCH3 is 1. The van der Waals surface area contributed by atoms with Gasteiger partial charge in [0.05, 0.1) is 13.0 Å². The summed E-state index contributed by atoms with van der Waals surface area (Å²) in [5.41, 5.74) is 0.198. The van der Waals surface area contributed by atoms with Gasteiger partial charge in [0.15, 0.2) is 0 Å². The van der Waals surface area contributed by atoms with Crippen LogP contribution < -0.4 is 0 Å². The zero-order valence-corrected chi connectivity index (χ0v) is 13.9. The smallest absolute Gasteiger partial charge is 0.307 e. The van der Waals surface area contributed by atoms with E-state index in [9.17, 15) is 14.7 Å². The van der Waals surface area contributed by atoms with Gasteiger partial charge in [-0.3, -0.25) is 9.59 Å². The van der Waals surface area contributed by atoms with Crippen LogP contribution in [0.5, 0.6) is 0 Å². The Labute approximate surface area is 132 Å². The Morgan fingerprint density at radius 1 is 1.27 bits per heavy atom. The molecule has 0 heterocycles. The summed E-state index contributed by atoms with van der Waals surface area (Å²) >= 11 is 0. The second-order valence-electron chi connectivity index (χ2n) is 7.40. The van der Waals surface area contributed by atoms with Crippen molar-refractivity contribution in [2.24, 2.45) is 29.1 Å². The van der Waals surface area contributed by atoms with Crippen LogP contribution in [0.15, 0.2) is 12.2 Å². The number of carbonyl (C=O) groups excluding carboxylic acids is 1. The molecular formula is C18H28O4. The first kappa shape index (κ1) is 17.0. The number of carbonyl (C=O) groups is 2. The van der Waals surface area contributed by atoms with Crippen LogP contribution in [0.3, 0.4) is 0 Å². The molecule has 22 heavy (non-hydrogen) atoms. The maximum atomic E-state index is 11.7. The van der Waals surface area contributed by atoms with E-state index in [0.29, 0.717) is 18.3 Å². The predicted molar refractivity (Wildman–Crippen MR) is 84.2 cm³/mol. The Kier molecular flexibility index (Phi) is 5.30. The van der Waals surface area contributed by atoms with E-state index < -0.39 is 5.97 Å². The first-order chi connectivity index (χ1) is 10.4. The number of carboxylic acid groups (broad SMARTS) is 1. The summed E-state index contributed by atoms with van der Waals surface area (Å²) in [6, 6.07) is 0. The van der Waals surface area contributed by atoms with Crippen LogP contribution in [0.4, 0.5) is 0 Å². The minimum absolute atomic E-state index is 0.172. The number of unbranched alkanes of at least 4 members (excludes halogenated alkanes) is 1. The van der Waals surface area contributed by atoms with Crippen LogP contribution in [0, 0.1) is 29.1 Å². The van der Waals surface area contributed by atoms with Crippen molar-refractivity contribution in [2.45, 2.75) is 52.4 Å². The summed E-state index contributed by atoms with van der Waals surface area (Å²) in [7, 11) is 1.40. The normalized spacial score (nSPS) is 32.5. The number of aliphatic carboxylic acids is 1. The van der Waals surface area contributed by atoms with E-state index in [1.165, 1.54) is 7.11 Å². The molecule has 0 aromatic heterocycles. The zero-order chi connectivity index (χ0) is 16.3. The zero-order valence-electron chi connectivity index (χ0n) is 13.9. The monoisotopic (exact) mass is 308 g/mol. The van der Waals surface area contributed by atoms with Gasteiger partial charge in [0.25, 0.3) is 0 Å². The quantitative estimate of drug-likeness (QED) is 0.443. The summed E-state index contributed by atoms with van der Waals surface area (Å²) in [5.74, 6) is 0.299. The average molecular weight is 308 g/mol. The van der Waals surface area contributed by atoms with Crippen molar-refractivity contribution >= 4 is 11.9 Å². The molecule has 0 saturated heterocycles. The highest BCUT2D eigenvalue weighted by Gasteiger charge is 2.59. The first-order valence-electron chi connectivity index (χ1n) is 8.32. The maximum absolute atomic E-state index is 11.7. The molecule has 0 aromatic carbocycles. The predicted octanol–water partition coefficient (Wildman–Crippen LogP) is 3.66. The number of fused-ring (bicyclic) bond motifs is 2. The number of esters is 1. The Balaban J connectivity index is 1.80. The summed E-state index contributed by atoms with van der Waals surface area (Å²) < 4.78 is 4.60. The van der Waals surface area contributed by atoms with Gasteiger partial charge in [-0.1, -0.05) is 26.0 Å². The lowest BCUT2D eigenvalue weighted by Gasteiger charge is -2.61. The third-order valence-corrected chi connectivity index (χ3v) is 5.94. The van der Waals surface area contributed by atoms with Gasteiger partial charge >= 0.3 is 11.9 Å². The van der Waals surface area contributed by atoms with E-state index in [0.717, 1.165) is 32.1 Å². The third-order valence-electron chi connectivity index (χ3n) is 5.94. The van der Waals surface area contributed by atoms with E-state index in [1.807, 2.05) is 0 Å². The highest BCUT2D eigenvalue weighted by atomic mass is 16.5. The van der Waals surface area contributed by atoms with Crippen molar-refractivity contribution in [3.8, 4) is 0 Å². The molecule has 4 atom stereocenters. The van der Waals surface area contributed by atoms with Crippen LogP contribution in [-0.4, -0.2) is 24.2 Å². The van der Waals surface area contributed by atoms with Gasteiger partial charge in [0, 0.05) is 6.42 Å². The molecule has 0 spiro atoms. The molecule has 0 aliphatic heterocycles. The summed E-state index contributed by atoms with van der Waals surface area (Å²) in [5, 5.41) is 9.59. The van der Waals surface area contributed by atoms with Gasteiger partial charge in [-0.05, 0) is 55.3 Å². The van der Waals surface area contributed by atoms with Gasteiger partial charge < -0.3 is 9.84 Å². The molecule has 0 unspecified atom stereocenters. The fraction of sp³-hybridized carbons (Fsp3) is 0.778. The number of allylic oxidation sites excluding steroid dienone is 2. The molecule has 3 aliphatic carbocycles. The summed E-state index contributed by atoms with van der Waals surface area (Å²) in [6.07, 6.45) is 9.23.